The van der Waals surface area contributed by atoms with Crippen LogP contribution in [-0.2, 0) is 10.0 Å². The van der Waals surface area contributed by atoms with Crippen LogP contribution in [0.2, 0.25) is 0 Å². The highest BCUT2D eigenvalue weighted by molar-refractivity contribution is 7.89. The molecule has 0 unspecified atom stereocenters. The number of pyridine rings is 2. The zero-order valence-corrected chi connectivity index (χ0v) is 22.6. The van der Waals surface area contributed by atoms with Crippen molar-refractivity contribution >= 4 is 15.9 Å². The summed E-state index contributed by atoms with van der Waals surface area (Å²) in [6.45, 7) is 3.33. The molecule has 0 aliphatic carbocycles. The maximum Gasteiger partial charge on any atom is 0.259 e. The number of carbonyl (C=O) groups excluding carboxylic acids is 1. The molecule has 1 N–H and O–H groups in total. The highest BCUT2D eigenvalue weighted by Gasteiger charge is 2.36. The Hall–Kier alpha value is -3.85. The van der Waals surface area contributed by atoms with Gasteiger partial charge in [-0.3, -0.25) is 9.78 Å². The average Bonchev–Trinajstić information content (AvgIpc) is 2.94. The monoisotopic (exact) mass is 552 g/mol. The van der Waals surface area contributed by atoms with Gasteiger partial charge in [-0.15, -0.1) is 0 Å². The second-order valence-corrected chi connectivity index (χ2v) is 11.4. The Labute approximate surface area is 227 Å². The molecule has 1 amide bonds. The van der Waals surface area contributed by atoms with E-state index >= 15 is 0 Å². The molecule has 0 spiro atoms. The SMILES string of the molecule is C[C@H](CO)N1C[C@H](C)[C@@H](CN(C)S(=O)(=O)c2ccccc2F)Oc2ncc(C#Cc3ccncc3)cc2C1=O. The van der Waals surface area contributed by atoms with Gasteiger partial charge in [0, 0.05) is 49.2 Å². The second-order valence-electron chi connectivity index (χ2n) is 9.40. The fourth-order valence-corrected chi connectivity index (χ4v) is 5.39. The van der Waals surface area contributed by atoms with E-state index in [2.05, 4.69) is 21.8 Å². The molecule has 1 aromatic carbocycles. The van der Waals surface area contributed by atoms with Crippen molar-refractivity contribution < 1.29 is 27.4 Å². The van der Waals surface area contributed by atoms with E-state index in [1.807, 2.05) is 6.92 Å². The number of halogens is 1. The third-order valence-corrected chi connectivity index (χ3v) is 8.37. The van der Waals surface area contributed by atoms with Crippen molar-refractivity contribution in [3.63, 3.8) is 0 Å². The van der Waals surface area contributed by atoms with Crippen molar-refractivity contribution in [3.05, 3.63) is 83.6 Å². The molecule has 39 heavy (non-hydrogen) atoms. The second kappa shape index (κ2) is 11.9. The molecule has 0 fully saturated rings. The summed E-state index contributed by atoms with van der Waals surface area (Å²) in [4.78, 5) is 23.0. The zero-order chi connectivity index (χ0) is 28.2. The average molecular weight is 553 g/mol. The normalized spacial score (nSPS) is 18.3. The van der Waals surface area contributed by atoms with Crippen molar-refractivity contribution in [1.82, 2.24) is 19.2 Å². The fraction of sp³-hybridized carbons (Fsp3) is 0.321. The van der Waals surface area contributed by atoms with Crippen LogP contribution in [0.4, 0.5) is 4.39 Å². The van der Waals surface area contributed by atoms with Gasteiger partial charge < -0.3 is 14.7 Å². The number of hydrogen-bond donors (Lipinski definition) is 1. The Morgan fingerprint density at radius 2 is 1.90 bits per heavy atom. The van der Waals surface area contributed by atoms with Crippen molar-refractivity contribution in [2.24, 2.45) is 5.92 Å². The van der Waals surface area contributed by atoms with Gasteiger partial charge in [0.15, 0.2) is 0 Å². The summed E-state index contributed by atoms with van der Waals surface area (Å²) in [5.74, 6) is 4.41. The van der Waals surface area contributed by atoms with Crippen LogP contribution in [-0.4, -0.2) is 77.5 Å². The predicted octanol–water partition coefficient (Wildman–Crippen LogP) is 2.56. The van der Waals surface area contributed by atoms with Crippen LogP contribution in [0.15, 0.2) is 66.0 Å². The van der Waals surface area contributed by atoms with Crippen LogP contribution in [0.5, 0.6) is 5.88 Å². The van der Waals surface area contributed by atoms with Gasteiger partial charge in [0.05, 0.1) is 19.2 Å². The molecule has 2 aromatic heterocycles. The standard InChI is InChI=1S/C28H29FN4O5S/c1-19-16-33(20(2)18-34)28(35)23-14-22(9-8-21-10-12-30-13-11-21)15-31-27(23)38-25(19)17-32(3)39(36,37)26-7-5-4-6-24(26)29/h4-7,10-15,19-20,25,34H,16-18H2,1-3H3/t19-,20+,25+/m0/s1. The third kappa shape index (κ3) is 6.25. The number of fused-ring (bicyclic) bond motifs is 1. The number of carbonyl (C=O) groups is 1. The van der Waals surface area contributed by atoms with Gasteiger partial charge >= 0.3 is 0 Å². The first kappa shape index (κ1) is 28.2. The van der Waals surface area contributed by atoms with Crippen LogP contribution < -0.4 is 4.74 Å². The number of sulfonamides is 1. The minimum absolute atomic E-state index is 0.0258. The number of nitrogens with zero attached hydrogens (tertiary/aromatic N) is 4. The highest BCUT2D eigenvalue weighted by Crippen LogP contribution is 2.28. The van der Waals surface area contributed by atoms with Crippen molar-refractivity contribution in [1.29, 1.82) is 0 Å². The lowest BCUT2D eigenvalue weighted by atomic mass is 10.0. The molecule has 1 aliphatic heterocycles. The van der Waals surface area contributed by atoms with Gasteiger partial charge in [0.1, 0.15) is 22.4 Å². The number of aromatic nitrogens is 2. The van der Waals surface area contributed by atoms with Crippen molar-refractivity contribution in [3.8, 4) is 17.7 Å². The van der Waals surface area contributed by atoms with Gasteiger partial charge in [0.25, 0.3) is 5.91 Å². The molecule has 1 aliphatic rings. The summed E-state index contributed by atoms with van der Waals surface area (Å²) in [6, 6.07) is 9.73. The molecule has 0 saturated carbocycles. The Balaban J connectivity index is 1.69. The zero-order valence-electron chi connectivity index (χ0n) is 21.8. The number of likely N-dealkylation sites (N-methyl/N-ethyl adjacent to an activating group) is 1. The van der Waals surface area contributed by atoms with E-state index in [1.165, 1.54) is 36.3 Å². The molecular formula is C28H29FN4O5S. The Bertz CT molecular complexity index is 1510. The summed E-state index contributed by atoms with van der Waals surface area (Å²) < 4.78 is 47.8. The van der Waals surface area contributed by atoms with Gasteiger partial charge in [-0.05, 0) is 37.3 Å². The van der Waals surface area contributed by atoms with E-state index in [-0.39, 0.29) is 43.0 Å². The lowest BCUT2D eigenvalue weighted by Crippen LogP contribution is -2.50. The molecule has 0 saturated heterocycles. The first-order valence-corrected chi connectivity index (χ1v) is 13.8. The largest absolute Gasteiger partial charge is 0.472 e. The summed E-state index contributed by atoms with van der Waals surface area (Å²) in [6.07, 6.45) is 3.99. The Morgan fingerprint density at radius 1 is 1.21 bits per heavy atom. The van der Waals surface area contributed by atoms with Crippen LogP contribution in [0.25, 0.3) is 0 Å². The molecule has 204 valence electrons. The molecule has 11 heteroatoms. The number of ether oxygens (including phenoxy) is 1. The minimum Gasteiger partial charge on any atom is -0.472 e. The third-order valence-electron chi connectivity index (χ3n) is 6.51. The first-order valence-electron chi connectivity index (χ1n) is 12.3. The maximum atomic E-state index is 14.3. The quantitative estimate of drug-likeness (QED) is 0.468. The van der Waals surface area contributed by atoms with Crippen molar-refractivity contribution in [2.45, 2.75) is 30.9 Å². The van der Waals surface area contributed by atoms with E-state index < -0.39 is 32.9 Å². The summed E-state index contributed by atoms with van der Waals surface area (Å²) >= 11 is 0. The van der Waals surface area contributed by atoms with E-state index in [9.17, 15) is 22.7 Å². The van der Waals surface area contributed by atoms with E-state index in [1.54, 1.807) is 37.5 Å². The van der Waals surface area contributed by atoms with Gasteiger partial charge in [-0.25, -0.2) is 17.8 Å². The number of amides is 1. The minimum atomic E-state index is -4.16. The number of rotatable bonds is 6. The lowest BCUT2D eigenvalue weighted by Gasteiger charge is -2.37. The van der Waals surface area contributed by atoms with E-state index in [0.717, 1.165) is 15.9 Å². The van der Waals surface area contributed by atoms with Gasteiger partial charge in [-0.2, -0.15) is 4.31 Å². The number of aliphatic hydroxyl groups is 1. The smallest absolute Gasteiger partial charge is 0.259 e. The topological polar surface area (TPSA) is 113 Å². The van der Waals surface area contributed by atoms with Crippen LogP contribution >= 0.6 is 0 Å². The molecule has 3 aromatic rings. The Kier molecular flexibility index (Phi) is 8.60. The molecule has 4 rings (SSSR count). The highest BCUT2D eigenvalue weighted by atomic mass is 32.2. The Morgan fingerprint density at radius 3 is 2.59 bits per heavy atom. The van der Waals surface area contributed by atoms with Crippen LogP contribution in [0.3, 0.4) is 0 Å². The molecule has 0 radical (unpaired) electrons. The van der Waals surface area contributed by atoms with Crippen LogP contribution in [0.1, 0.15) is 35.3 Å². The van der Waals surface area contributed by atoms with Gasteiger partial charge in [-0.1, -0.05) is 30.9 Å². The summed E-state index contributed by atoms with van der Waals surface area (Å²) in [7, 11) is -2.81. The summed E-state index contributed by atoms with van der Waals surface area (Å²) in [5.41, 5.74) is 1.36. The molecule has 0 bridgehead atoms. The molecule has 3 heterocycles. The van der Waals surface area contributed by atoms with Crippen molar-refractivity contribution in [2.75, 3.05) is 26.7 Å². The van der Waals surface area contributed by atoms with Crippen LogP contribution in [0, 0.1) is 23.6 Å². The molecule has 9 nitrogen and oxygen atoms in total. The number of benzene rings is 1. The fourth-order valence-electron chi connectivity index (χ4n) is 4.14. The number of aliphatic hydroxyl groups excluding tert-OH is 1. The number of hydrogen-bond acceptors (Lipinski definition) is 7. The molecular weight excluding hydrogens is 523 g/mol. The van der Waals surface area contributed by atoms with E-state index in [4.69, 9.17) is 4.74 Å². The van der Waals surface area contributed by atoms with Gasteiger partial charge in [0.2, 0.25) is 15.9 Å². The first-order chi connectivity index (χ1) is 18.6. The van der Waals surface area contributed by atoms with E-state index in [0.29, 0.717) is 5.56 Å². The summed E-state index contributed by atoms with van der Waals surface area (Å²) in [5, 5.41) is 9.84. The molecule has 3 atom stereocenters. The lowest BCUT2D eigenvalue weighted by molar-refractivity contribution is 0.0373. The maximum absolute atomic E-state index is 14.3. The predicted molar refractivity (Wildman–Crippen MR) is 142 cm³/mol.